The van der Waals surface area contributed by atoms with Crippen molar-refractivity contribution in [3.63, 3.8) is 0 Å². The number of nitrogens with one attached hydrogen (secondary N) is 1. The SMILES string of the molecule is COC(=O)C1=C(CN2CC(F)(F)[C@H]3[C@@H]2CON3CC[C@@](C)(O)C(=O)O)NC(c2nccs2)=N[C@H]1c1ccc(F)c(F)c1C. The van der Waals surface area contributed by atoms with Crippen LogP contribution in [0.15, 0.2) is 40.0 Å². The van der Waals surface area contributed by atoms with Crippen molar-refractivity contribution in [2.75, 3.05) is 33.4 Å². The lowest BCUT2D eigenvalue weighted by atomic mass is 9.92. The first kappa shape index (κ1) is 31.0. The van der Waals surface area contributed by atoms with Crippen LogP contribution < -0.4 is 5.32 Å². The number of ether oxygens (including phenoxy) is 1. The van der Waals surface area contributed by atoms with Crippen LogP contribution in [0.3, 0.4) is 0 Å². The average molecular weight is 628 g/mol. The van der Waals surface area contributed by atoms with Crippen molar-refractivity contribution in [3.8, 4) is 0 Å². The topological polar surface area (TPSA) is 137 Å². The van der Waals surface area contributed by atoms with Gasteiger partial charge in [0.05, 0.1) is 31.9 Å². The molecule has 4 atom stereocenters. The Balaban J connectivity index is 1.51. The van der Waals surface area contributed by atoms with Crippen molar-refractivity contribution in [1.82, 2.24) is 20.3 Å². The van der Waals surface area contributed by atoms with E-state index in [4.69, 9.17) is 9.57 Å². The Morgan fingerprint density at radius 1 is 1.33 bits per heavy atom. The lowest BCUT2D eigenvalue weighted by Crippen LogP contribution is -2.47. The zero-order chi connectivity index (χ0) is 31.3. The third-order valence-corrected chi connectivity index (χ3v) is 8.66. The molecular formula is C27H29F4N5O6S. The number of carboxylic acids is 1. The summed E-state index contributed by atoms with van der Waals surface area (Å²) in [5.41, 5.74) is -1.96. The van der Waals surface area contributed by atoms with Gasteiger partial charge in [0.15, 0.2) is 28.1 Å². The molecule has 1 aromatic heterocycles. The number of aliphatic imine (C=N–C) groups is 1. The summed E-state index contributed by atoms with van der Waals surface area (Å²) in [6.45, 7) is 1.04. The second kappa shape index (κ2) is 11.6. The molecule has 2 saturated heterocycles. The van der Waals surface area contributed by atoms with Crippen molar-refractivity contribution >= 4 is 29.1 Å². The number of likely N-dealkylation sites (tertiary alicyclic amines) is 1. The van der Waals surface area contributed by atoms with Gasteiger partial charge in [-0.2, -0.15) is 5.06 Å². The van der Waals surface area contributed by atoms with Crippen molar-refractivity contribution in [1.29, 1.82) is 0 Å². The van der Waals surface area contributed by atoms with Gasteiger partial charge in [-0.3, -0.25) is 14.7 Å². The van der Waals surface area contributed by atoms with Crippen molar-refractivity contribution < 1.29 is 46.9 Å². The Hall–Kier alpha value is -3.44. The number of carbonyl (C=O) groups is 2. The zero-order valence-corrected chi connectivity index (χ0v) is 24.1. The van der Waals surface area contributed by atoms with Gasteiger partial charge >= 0.3 is 11.9 Å². The maximum atomic E-state index is 15.5. The number of amidine groups is 1. The van der Waals surface area contributed by atoms with E-state index in [-0.39, 0.29) is 54.3 Å². The van der Waals surface area contributed by atoms with E-state index in [2.05, 4.69) is 15.3 Å². The van der Waals surface area contributed by atoms with Crippen LogP contribution in [-0.2, 0) is 19.2 Å². The monoisotopic (exact) mass is 627 g/mol. The van der Waals surface area contributed by atoms with Crippen LogP contribution in [0.2, 0.25) is 0 Å². The Morgan fingerprint density at radius 2 is 2.07 bits per heavy atom. The summed E-state index contributed by atoms with van der Waals surface area (Å²) in [5, 5.41) is 25.4. The third-order valence-electron chi connectivity index (χ3n) is 7.88. The van der Waals surface area contributed by atoms with E-state index < -0.39 is 59.8 Å². The van der Waals surface area contributed by atoms with Crippen LogP contribution in [0, 0.1) is 18.6 Å². The molecule has 2 fully saturated rings. The predicted molar refractivity (Wildman–Crippen MR) is 144 cm³/mol. The number of alkyl halides is 2. The molecule has 0 radical (unpaired) electrons. The number of aromatic nitrogens is 1. The number of thiazole rings is 1. The molecule has 0 aliphatic carbocycles. The molecule has 11 nitrogen and oxygen atoms in total. The highest BCUT2D eigenvalue weighted by atomic mass is 32.1. The average Bonchev–Trinajstić information content (AvgIpc) is 3.69. The molecule has 43 heavy (non-hydrogen) atoms. The number of benzene rings is 1. The maximum Gasteiger partial charge on any atom is 0.338 e. The van der Waals surface area contributed by atoms with E-state index in [1.165, 1.54) is 35.4 Å². The van der Waals surface area contributed by atoms with Crippen LogP contribution in [0.25, 0.3) is 0 Å². The molecule has 0 unspecified atom stereocenters. The normalized spacial score (nSPS) is 25.2. The first-order valence-corrected chi connectivity index (χ1v) is 14.1. The molecule has 0 bridgehead atoms. The number of esters is 1. The number of methoxy groups -OCH3 is 1. The number of halogens is 4. The number of hydrogen-bond donors (Lipinski definition) is 3. The smallest absolute Gasteiger partial charge is 0.338 e. The van der Waals surface area contributed by atoms with E-state index in [1.54, 1.807) is 5.38 Å². The Bertz CT molecular complexity index is 1480. The fraction of sp³-hybridized carbons (Fsp3) is 0.481. The van der Waals surface area contributed by atoms with Crippen LogP contribution in [0.1, 0.15) is 35.5 Å². The van der Waals surface area contributed by atoms with Gasteiger partial charge in [0, 0.05) is 36.8 Å². The number of aliphatic hydroxyl groups is 1. The first-order valence-electron chi connectivity index (χ1n) is 13.2. The number of carbonyl (C=O) groups excluding carboxylic acids is 1. The molecule has 1 aromatic carbocycles. The van der Waals surface area contributed by atoms with E-state index >= 15 is 8.78 Å². The standard InChI is InChI=1S/C27H29F4N5O6S/c1-13-14(4-5-15(28)19(13)29)20-18(24(37)41-3)16(33-22(34-20)23-32-7-9-43-23)10-35-12-27(30,31)21-17(35)11-42-36(21)8-6-26(2,40)25(38)39/h4-5,7,9,17,20-21,40H,6,8,10-12H2,1-3H3,(H,33,34)(H,38,39)/t17-,20-,21+,26+/m0/s1. The van der Waals surface area contributed by atoms with Gasteiger partial charge in [-0.1, -0.05) is 6.07 Å². The number of hydroxylamine groups is 2. The fourth-order valence-electron chi connectivity index (χ4n) is 5.54. The molecule has 0 saturated carbocycles. The minimum atomic E-state index is -3.31. The Labute approximate surface area is 247 Å². The summed E-state index contributed by atoms with van der Waals surface area (Å²) < 4.78 is 64.6. The molecule has 4 heterocycles. The predicted octanol–water partition coefficient (Wildman–Crippen LogP) is 2.41. The van der Waals surface area contributed by atoms with Gasteiger partial charge in [-0.15, -0.1) is 11.3 Å². The quantitative estimate of drug-likeness (QED) is 0.281. The van der Waals surface area contributed by atoms with Crippen LogP contribution in [0.4, 0.5) is 17.6 Å². The number of fused-ring (bicyclic) bond motifs is 1. The second-order valence-corrected chi connectivity index (χ2v) is 11.6. The summed E-state index contributed by atoms with van der Waals surface area (Å²) in [6.07, 6.45) is 1.17. The van der Waals surface area contributed by atoms with Gasteiger partial charge in [0.1, 0.15) is 12.1 Å². The summed E-state index contributed by atoms with van der Waals surface area (Å²) in [5.74, 6) is -7.63. The minimum Gasteiger partial charge on any atom is -0.479 e. The molecule has 3 aliphatic rings. The third kappa shape index (κ3) is 5.76. The van der Waals surface area contributed by atoms with Crippen LogP contribution in [-0.4, -0.2) is 99.9 Å². The zero-order valence-electron chi connectivity index (χ0n) is 23.3. The van der Waals surface area contributed by atoms with Crippen molar-refractivity contribution in [2.24, 2.45) is 4.99 Å². The fourth-order valence-corrected chi connectivity index (χ4v) is 6.12. The highest BCUT2D eigenvalue weighted by Crippen LogP contribution is 2.42. The van der Waals surface area contributed by atoms with E-state index in [9.17, 15) is 28.6 Å². The Kier molecular flexibility index (Phi) is 8.34. The van der Waals surface area contributed by atoms with Gasteiger partial charge < -0.3 is 20.3 Å². The summed E-state index contributed by atoms with van der Waals surface area (Å²) >= 11 is 1.22. The number of aliphatic carboxylic acids is 1. The number of nitrogens with zero attached hydrogens (tertiary/aromatic N) is 4. The van der Waals surface area contributed by atoms with Gasteiger partial charge in [0.2, 0.25) is 0 Å². The van der Waals surface area contributed by atoms with Gasteiger partial charge in [-0.25, -0.2) is 32.1 Å². The molecule has 3 aliphatic heterocycles. The summed E-state index contributed by atoms with van der Waals surface area (Å²) in [4.78, 5) is 40.3. The Morgan fingerprint density at radius 3 is 2.72 bits per heavy atom. The lowest BCUT2D eigenvalue weighted by molar-refractivity contribution is -0.190. The van der Waals surface area contributed by atoms with E-state index in [1.807, 2.05) is 0 Å². The largest absolute Gasteiger partial charge is 0.479 e. The molecule has 3 N–H and O–H groups in total. The molecular weight excluding hydrogens is 598 g/mol. The van der Waals surface area contributed by atoms with Gasteiger partial charge in [0.25, 0.3) is 5.92 Å². The number of carboxylic acid groups (broad SMARTS) is 1. The molecule has 0 amide bonds. The lowest BCUT2D eigenvalue weighted by Gasteiger charge is -2.31. The van der Waals surface area contributed by atoms with Crippen LogP contribution >= 0.6 is 11.3 Å². The molecule has 232 valence electrons. The van der Waals surface area contributed by atoms with E-state index in [0.717, 1.165) is 25.2 Å². The second-order valence-electron chi connectivity index (χ2n) is 10.7. The van der Waals surface area contributed by atoms with E-state index in [0.29, 0.717) is 5.01 Å². The van der Waals surface area contributed by atoms with Crippen molar-refractivity contribution in [2.45, 2.75) is 49.9 Å². The molecule has 5 rings (SSSR count). The maximum absolute atomic E-state index is 15.5. The number of hydrogen-bond acceptors (Lipinski definition) is 11. The summed E-state index contributed by atoms with van der Waals surface area (Å²) in [6, 6.07) is -1.28. The highest BCUT2D eigenvalue weighted by molar-refractivity contribution is 7.11. The minimum absolute atomic E-state index is 0.0723. The number of rotatable bonds is 9. The van der Waals surface area contributed by atoms with Crippen LogP contribution in [0.5, 0.6) is 0 Å². The van der Waals surface area contributed by atoms with Gasteiger partial charge in [-0.05, 0) is 31.0 Å². The van der Waals surface area contributed by atoms with Crippen molar-refractivity contribution in [3.05, 3.63) is 62.7 Å². The molecule has 16 heteroatoms. The molecule has 0 spiro atoms. The highest BCUT2D eigenvalue weighted by Gasteiger charge is 2.61. The molecule has 2 aromatic rings. The first-order chi connectivity index (χ1) is 20.2. The summed E-state index contributed by atoms with van der Waals surface area (Å²) in [7, 11) is 1.14.